The van der Waals surface area contributed by atoms with Gasteiger partial charge in [0.05, 0.1) is 12.7 Å². The van der Waals surface area contributed by atoms with E-state index < -0.39 is 6.29 Å². The van der Waals surface area contributed by atoms with Crippen LogP contribution in [0.2, 0.25) is 0 Å². The molecular formula is C9H14O4. The van der Waals surface area contributed by atoms with Gasteiger partial charge in [0.1, 0.15) is 5.76 Å². The lowest BCUT2D eigenvalue weighted by Crippen LogP contribution is -2.07. The Hall–Kier alpha value is -1.03. The molecule has 1 fully saturated rings. The maximum Gasteiger partial charge on any atom is 0.339 e. The lowest BCUT2D eigenvalue weighted by Gasteiger charge is -2.04. The van der Waals surface area contributed by atoms with E-state index in [9.17, 15) is 4.79 Å². The predicted octanol–water partition coefficient (Wildman–Crippen LogP) is 1.22. The minimum atomic E-state index is -0.445. The summed E-state index contributed by atoms with van der Waals surface area (Å²) in [5.74, 6) is 0.357. The summed E-state index contributed by atoms with van der Waals surface area (Å²) < 4.78 is 14.9. The molecule has 0 aromatic rings. The quantitative estimate of drug-likeness (QED) is 0.377. The van der Waals surface area contributed by atoms with Crippen molar-refractivity contribution in [3.05, 3.63) is 11.3 Å². The minimum absolute atomic E-state index is 0.328. The van der Waals surface area contributed by atoms with Crippen LogP contribution in [0.5, 0.6) is 0 Å². The van der Waals surface area contributed by atoms with Gasteiger partial charge in [-0.3, -0.25) is 0 Å². The number of cyclic esters (lactones) is 1. The summed E-state index contributed by atoms with van der Waals surface area (Å²) in [5.41, 5.74) is 0.594. The van der Waals surface area contributed by atoms with Crippen molar-refractivity contribution in [2.24, 2.45) is 0 Å². The molecule has 0 saturated carbocycles. The van der Waals surface area contributed by atoms with Crippen molar-refractivity contribution in [3.8, 4) is 0 Å². The Kier molecular flexibility index (Phi) is 3.31. The number of carbonyl (C=O) groups excluding carboxylic acids is 1. The van der Waals surface area contributed by atoms with E-state index in [1.165, 1.54) is 7.11 Å². The molecular weight excluding hydrogens is 172 g/mol. The third kappa shape index (κ3) is 2.01. The van der Waals surface area contributed by atoms with Crippen LogP contribution in [-0.2, 0) is 19.0 Å². The first-order chi connectivity index (χ1) is 6.22. The first kappa shape index (κ1) is 10.1. The van der Waals surface area contributed by atoms with E-state index in [1.54, 1.807) is 7.11 Å². The van der Waals surface area contributed by atoms with Crippen LogP contribution >= 0.6 is 0 Å². The zero-order valence-corrected chi connectivity index (χ0v) is 8.12. The van der Waals surface area contributed by atoms with E-state index in [1.807, 2.05) is 6.92 Å². The molecule has 1 heterocycles. The highest BCUT2D eigenvalue weighted by Gasteiger charge is 2.31. The molecule has 0 amide bonds. The fraction of sp³-hybridized carbons (Fsp3) is 0.667. The van der Waals surface area contributed by atoms with Crippen molar-refractivity contribution in [2.75, 3.05) is 14.2 Å². The number of carbonyl (C=O) groups is 1. The highest BCUT2D eigenvalue weighted by atomic mass is 16.7. The number of ether oxygens (including phenoxy) is 3. The highest BCUT2D eigenvalue weighted by molar-refractivity contribution is 5.91. The second-order valence-electron chi connectivity index (χ2n) is 2.73. The van der Waals surface area contributed by atoms with Crippen LogP contribution in [-0.4, -0.2) is 26.5 Å². The number of allylic oxidation sites excluding steroid dienone is 1. The van der Waals surface area contributed by atoms with Gasteiger partial charge in [-0.05, 0) is 0 Å². The normalized spacial score (nSPS) is 25.8. The molecule has 1 aliphatic rings. The van der Waals surface area contributed by atoms with Crippen molar-refractivity contribution in [2.45, 2.75) is 26.1 Å². The molecule has 74 valence electrons. The molecule has 0 aromatic carbocycles. The lowest BCUT2D eigenvalue weighted by molar-refractivity contribution is -0.156. The molecule has 4 heteroatoms. The molecule has 1 atom stereocenters. The minimum Gasteiger partial charge on any atom is -0.501 e. The Morgan fingerprint density at radius 3 is 2.69 bits per heavy atom. The monoisotopic (exact) mass is 186 g/mol. The maximum absolute atomic E-state index is 11.3. The standard InChI is InChI=1S/C9H14O4/c1-4-7(11-2)6-5-8(12-3)13-9(6)10/h8H,4-5H2,1-3H3. The summed E-state index contributed by atoms with van der Waals surface area (Å²) in [5, 5.41) is 0. The van der Waals surface area contributed by atoms with Crippen LogP contribution in [0.25, 0.3) is 0 Å². The van der Waals surface area contributed by atoms with Gasteiger partial charge < -0.3 is 14.2 Å². The van der Waals surface area contributed by atoms with Gasteiger partial charge in [0.25, 0.3) is 0 Å². The van der Waals surface area contributed by atoms with Crippen molar-refractivity contribution in [1.29, 1.82) is 0 Å². The smallest absolute Gasteiger partial charge is 0.339 e. The second kappa shape index (κ2) is 4.28. The summed E-state index contributed by atoms with van der Waals surface area (Å²) in [7, 11) is 3.07. The molecule has 1 aliphatic heterocycles. The molecule has 4 nitrogen and oxygen atoms in total. The van der Waals surface area contributed by atoms with Gasteiger partial charge in [-0.1, -0.05) is 6.92 Å². The zero-order valence-electron chi connectivity index (χ0n) is 8.12. The highest BCUT2D eigenvalue weighted by Crippen LogP contribution is 2.25. The molecule has 0 spiro atoms. The van der Waals surface area contributed by atoms with E-state index in [-0.39, 0.29) is 5.97 Å². The van der Waals surface area contributed by atoms with Gasteiger partial charge in [-0.2, -0.15) is 0 Å². The van der Waals surface area contributed by atoms with Gasteiger partial charge >= 0.3 is 5.97 Å². The van der Waals surface area contributed by atoms with Crippen LogP contribution in [0.1, 0.15) is 19.8 Å². The summed E-state index contributed by atoms with van der Waals surface area (Å²) in [4.78, 5) is 11.3. The molecule has 13 heavy (non-hydrogen) atoms. The Bertz CT molecular complexity index is 226. The number of hydrogen-bond acceptors (Lipinski definition) is 4. The SMILES string of the molecule is CCC(OC)=C1CC(OC)OC1=O. The largest absolute Gasteiger partial charge is 0.501 e. The predicted molar refractivity (Wildman–Crippen MR) is 45.8 cm³/mol. The average molecular weight is 186 g/mol. The lowest BCUT2D eigenvalue weighted by atomic mass is 10.1. The van der Waals surface area contributed by atoms with E-state index in [4.69, 9.17) is 14.2 Å². The molecule has 1 saturated heterocycles. The first-order valence-corrected chi connectivity index (χ1v) is 4.22. The molecule has 0 bridgehead atoms. The van der Waals surface area contributed by atoms with Gasteiger partial charge in [-0.25, -0.2) is 4.79 Å². The van der Waals surface area contributed by atoms with Crippen LogP contribution in [0.3, 0.4) is 0 Å². The van der Waals surface area contributed by atoms with Crippen molar-refractivity contribution in [3.63, 3.8) is 0 Å². The van der Waals surface area contributed by atoms with Gasteiger partial charge in [0.15, 0.2) is 0 Å². The maximum atomic E-state index is 11.3. The molecule has 1 rings (SSSR count). The van der Waals surface area contributed by atoms with E-state index in [0.29, 0.717) is 24.2 Å². The first-order valence-electron chi connectivity index (χ1n) is 4.22. The Morgan fingerprint density at radius 1 is 1.62 bits per heavy atom. The van der Waals surface area contributed by atoms with Crippen molar-refractivity contribution >= 4 is 5.97 Å². The number of hydrogen-bond donors (Lipinski definition) is 0. The van der Waals surface area contributed by atoms with E-state index in [2.05, 4.69) is 0 Å². The number of esters is 1. The van der Waals surface area contributed by atoms with Gasteiger partial charge in [0.2, 0.25) is 6.29 Å². The van der Waals surface area contributed by atoms with Crippen LogP contribution < -0.4 is 0 Å². The summed E-state index contributed by atoms with van der Waals surface area (Å²) in [6.45, 7) is 1.93. The van der Waals surface area contributed by atoms with Crippen LogP contribution in [0, 0.1) is 0 Å². The third-order valence-electron chi connectivity index (χ3n) is 2.02. The molecule has 0 aromatic heterocycles. The molecule has 0 aliphatic carbocycles. The van der Waals surface area contributed by atoms with Crippen molar-refractivity contribution < 1.29 is 19.0 Å². The Balaban J connectivity index is 2.81. The fourth-order valence-corrected chi connectivity index (χ4v) is 1.32. The van der Waals surface area contributed by atoms with Crippen molar-refractivity contribution in [1.82, 2.24) is 0 Å². The van der Waals surface area contributed by atoms with Gasteiger partial charge in [0, 0.05) is 20.0 Å². The summed E-state index contributed by atoms with van der Waals surface area (Å²) >= 11 is 0. The Labute approximate surface area is 77.5 Å². The molecule has 1 unspecified atom stereocenters. The molecule has 0 N–H and O–H groups in total. The summed E-state index contributed by atoms with van der Waals surface area (Å²) in [6.07, 6.45) is 0.725. The van der Waals surface area contributed by atoms with E-state index in [0.717, 1.165) is 0 Å². The van der Waals surface area contributed by atoms with E-state index >= 15 is 0 Å². The van der Waals surface area contributed by atoms with Crippen LogP contribution in [0.4, 0.5) is 0 Å². The molecule has 0 radical (unpaired) electrons. The topological polar surface area (TPSA) is 44.8 Å². The Morgan fingerprint density at radius 2 is 2.31 bits per heavy atom. The average Bonchev–Trinajstić information content (AvgIpc) is 2.50. The number of rotatable bonds is 3. The second-order valence-corrected chi connectivity index (χ2v) is 2.73. The van der Waals surface area contributed by atoms with Crippen LogP contribution in [0.15, 0.2) is 11.3 Å². The zero-order chi connectivity index (χ0) is 9.84. The fourth-order valence-electron chi connectivity index (χ4n) is 1.32. The summed E-state index contributed by atoms with van der Waals surface area (Å²) in [6, 6.07) is 0. The third-order valence-corrected chi connectivity index (χ3v) is 2.02. The number of methoxy groups -OCH3 is 2. The van der Waals surface area contributed by atoms with Gasteiger partial charge in [-0.15, -0.1) is 0 Å².